The average molecular weight is 377 g/mol. The minimum atomic E-state index is -0.251. The number of hydrogen-bond acceptors (Lipinski definition) is 4. The van der Waals surface area contributed by atoms with Gasteiger partial charge in [0, 0.05) is 49.7 Å². The summed E-state index contributed by atoms with van der Waals surface area (Å²) < 4.78 is 5.29. The van der Waals surface area contributed by atoms with Crippen LogP contribution in [-0.2, 0) is 6.54 Å². The van der Waals surface area contributed by atoms with Gasteiger partial charge in [-0.05, 0) is 23.8 Å². The van der Waals surface area contributed by atoms with E-state index in [1.807, 2.05) is 47.4 Å². The first-order valence-electron chi connectivity index (χ1n) is 9.40. The van der Waals surface area contributed by atoms with Crippen molar-refractivity contribution in [2.24, 2.45) is 0 Å². The van der Waals surface area contributed by atoms with Gasteiger partial charge in [-0.25, -0.2) is 0 Å². The second-order valence-corrected chi connectivity index (χ2v) is 7.01. The lowest BCUT2D eigenvalue weighted by molar-refractivity contribution is 0.0630. The third-order valence-corrected chi connectivity index (χ3v) is 5.18. The number of para-hydroxylation sites is 1. The van der Waals surface area contributed by atoms with Gasteiger partial charge in [0.2, 0.25) is 5.56 Å². The predicted molar refractivity (Wildman–Crippen MR) is 109 cm³/mol. The van der Waals surface area contributed by atoms with E-state index in [2.05, 4.69) is 16.0 Å². The quantitative estimate of drug-likeness (QED) is 0.759. The highest BCUT2D eigenvalue weighted by molar-refractivity contribution is 6.05. The molecule has 2 heterocycles. The molecule has 0 unspecified atom stereocenters. The largest absolute Gasteiger partial charge is 0.497 e. The monoisotopic (exact) mass is 377 g/mol. The molecule has 0 atom stereocenters. The predicted octanol–water partition coefficient (Wildman–Crippen LogP) is 2.49. The Hall–Kier alpha value is -3.12. The first-order valence-corrected chi connectivity index (χ1v) is 9.40. The molecule has 6 nitrogen and oxygen atoms in total. The van der Waals surface area contributed by atoms with Crippen molar-refractivity contribution < 1.29 is 9.53 Å². The number of nitrogens with one attached hydrogen (secondary N) is 1. The second kappa shape index (κ2) is 7.86. The minimum Gasteiger partial charge on any atom is -0.497 e. The van der Waals surface area contributed by atoms with Gasteiger partial charge in [0.05, 0.1) is 12.7 Å². The molecule has 4 rings (SSSR count). The number of piperazine rings is 1. The zero-order chi connectivity index (χ0) is 19.5. The maximum Gasteiger partial charge on any atom is 0.254 e. The van der Waals surface area contributed by atoms with Crippen molar-refractivity contribution in [3.63, 3.8) is 0 Å². The van der Waals surface area contributed by atoms with Gasteiger partial charge in [-0.15, -0.1) is 0 Å². The minimum absolute atomic E-state index is 0.0802. The van der Waals surface area contributed by atoms with Gasteiger partial charge in [-0.2, -0.15) is 0 Å². The van der Waals surface area contributed by atoms with Crippen LogP contribution in [0.4, 0.5) is 0 Å². The lowest BCUT2D eigenvalue weighted by Gasteiger charge is -2.35. The van der Waals surface area contributed by atoms with Crippen LogP contribution in [0.15, 0.2) is 59.4 Å². The molecule has 3 aromatic rings. The third-order valence-electron chi connectivity index (χ3n) is 5.18. The summed E-state index contributed by atoms with van der Waals surface area (Å²) in [6.45, 7) is 3.70. The Kier molecular flexibility index (Phi) is 5.12. The SMILES string of the molecule is COc1cccc(CN2CCN(C(=O)c3cc(=O)[nH]c4ccccc34)CC2)c1. The average Bonchev–Trinajstić information content (AvgIpc) is 2.73. The smallest absolute Gasteiger partial charge is 0.254 e. The number of carbonyl (C=O) groups is 1. The van der Waals surface area contributed by atoms with E-state index in [9.17, 15) is 9.59 Å². The van der Waals surface area contributed by atoms with Crippen LogP contribution in [0.25, 0.3) is 10.9 Å². The second-order valence-electron chi connectivity index (χ2n) is 7.01. The highest BCUT2D eigenvalue weighted by Gasteiger charge is 2.24. The maximum absolute atomic E-state index is 13.1. The number of H-pyrrole nitrogens is 1. The first-order chi connectivity index (χ1) is 13.6. The number of carbonyl (C=O) groups excluding carboxylic acids is 1. The molecule has 0 bridgehead atoms. The third kappa shape index (κ3) is 3.77. The Labute approximate surface area is 163 Å². The number of benzene rings is 2. The molecular weight excluding hydrogens is 354 g/mol. The Morgan fingerprint density at radius 2 is 1.82 bits per heavy atom. The van der Waals surface area contributed by atoms with E-state index in [-0.39, 0.29) is 11.5 Å². The Balaban J connectivity index is 1.45. The number of nitrogens with zero attached hydrogens (tertiary/aromatic N) is 2. The normalized spacial score (nSPS) is 15.0. The molecular formula is C22H23N3O3. The van der Waals surface area contributed by atoms with Crippen LogP contribution < -0.4 is 10.3 Å². The van der Waals surface area contributed by atoms with Crippen LogP contribution in [0.2, 0.25) is 0 Å². The van der Waals surface area contributed by atoms with E-state index >= 15 is 0 Å². The Bertz CT molecular complexity index is 1050. The summed E-state index contributed by atoms with van der Waals surface area (Å²) in [6.07, 6.45) is 0. The van der Waals surface area contributed by atoms with Crippen molar-refractivity contribution in [3.8, 4) is 5.75 Å². The van der Waals surface area contributed by atoms with Gasteiger partial charge in [0.15, 0.2) is 0 Å². The number of hydrogen-bond donors (Lipinski definition) is 1. The van der Waals surface area contributed by atoms with Gasteiger partial charge < -0.3 is 14.6 Å². The van der Waals surface area contributed by atoms with Crippen molar-refractivity contribution in [1.82, 2.24) is 14.8 Å². The lowest BCUT2D eigenvalue weighted by Crippen LogP contribution is -2.48. The summed E-state index contributed by atoms with van der Waals surface area (Å²) in [5.74, 6) is 0.774. The van der Waals surface area contributed by atoms with Crippen molar-refractivity contribution in [3.05, 3.63) is 76.1 Å². The van der Waals surface area contributed by atoms with E-state index < -0.39 is 0 Å². The number of rotatable bonds is 4. The molecule has 1 aromatic heterocycles. The molecule has 144 valence electrons. The number of aromatic amines is 1. The molecule has 0 aliphatic carbocycles. The van der Waals surface area contributed by atoms with E-state index in [4.69, 9.17) is 4.74 Å². The summed E-state index contributed by atoms with van der Waals surface area (Å²) in [6, 6.07) is 16.9. The summed E-state index contributed by atoms with van der Waals surface area (Å²) in [5.41, 5.74) is 2.11. The molecule has 1 N–H and O–H groups in total. The van der Waals surface area contributed by atoms with Gasteiger partial charge in [0.1, 0.15) is 5.75 Å². The molecule has 6 heteroatoms. The standard InChI is InChI=1S/C22H23N3O3/c1-28-17-6-4-5-16(13-17)15-24-9-11-25(12-10-24)22(27)19-14-21(26)23-20-8-3-2-7-18(19)20/h2-8,13-14H,9-12,15H2,1H3,(H,23,26). The summed E-state index contributed by atoms with van der Waals surface area (Å²) in [5, 5.41) is 0.783. The highest BCUT2D eigenvalue weighted by Crippen LogP contribution is 2.19. The fourth-order valence-corrected chi connectivity index (χ4v) is 3.69. The van der Waals surface area contributed by atoms with Crippen LogP contribution in [0.3, 0.4) is 0 Å². The fourth-order valence-electron chi connectivity index (χ4n) is 3.69. The molecule has 1 amide bonds. The number of methoxy groups -OCH3 is 1. The number of aromatic nitrogens is 1. The fraction of sp³-hybridized carbons (Fsp3) is 0.273. The van der Waals surface area contributed by atoms with Crippen LogP contribution in [-0.4, -0.2) is 54.0 Å². The molecule has 0 radical (unpaired) electrons. The van der Waals surface area contributed by atoms with Gasteiger partial charge in [-0.3, -0.25) is 14.5 Å². The molecule has 28 heavy (non-hydrogen) atoms. The van der Waals surface area contributed by atoms with E-state index in [1.54, 1.807) is 7.11 Å². The van der Waals surface area contributed by atoms with Crippen molar-refractivity contribution in [2.45, 2.75) is 6.54 Å². The maximum atomic E-state index is 13.1. The van der Waals surface area contributed by atoms with Crippen LogP contribution in [0.1, 0.15) is 15.9 Å². The Morgan fingerprint density at radius 3 is 2.61 bits per heavy atom. The highest BCUT2D eigenvalue weighted by atomic mass is 16.5. The van der Waals surface area contributed by atoms with Gasteiger partial charge >= 0.3 is 0 Å². The number of pyridine rings is 1. The van der Waals surface area contributed by atoms with E-state index in [1.165, 1.54) is 11.6 Å². The van der Waals surface area contributed by atoms with Crippen molar-refractivity contribution >= 4 is 16.8 Å². The molecule has 1 fully saturated rings. The first kappa shape index (κ1) is 18.3. The zero-order valence-electron chi connectivity index (χ0n) is 15.9. The van der Waals surface area contributed by atoms with Gasteiger partial charge in [-0.1, -0.05) is 30.3 Å². The van der Waals surface area contributed by atoms with Crippen molar-refractivity contribution in [2.75, 3.05) is 33.3 Å². The number of fused-ring (bicyclic) bond motifs is 1. The molecule has 0 spiro atoms. The summed E-state index contributed by atoms with van der Waals surface area (Å²) in [7, 11) is 1.67. The molecule has 1 aliphatic rings. The van der Waals surface area contributed by atoms with Crippen LogP contribution in [0.5, 0.6) is 5.75 Å². The van der Waals surface area contributed by atoms with Crippen LogP contribution in [0, 0.1) is 0 Å². The Morgan fingerprint density at radius 1 is 1.04 bits per heavy atom. The summed E-state index contributed by atoms with van der Waals surface area (Å²) >= 11 is 0. The molecule has 1 saturated heterocycles. The zero-order valence-corrected chi connectivity index (χ0v) is 15.9. The van der Waals surface area contributed by atoms with Gasteiger partial charge in [0.25, 0.3) is 5.91 Å². The van der Waals surface area contributed by atoms with Crippen molar-refractivity contribution in [1.29, 1.82) is 0 Å². The summed E-state index contributed by atoms with van der Waals surface area (Å²) in [4.78, 5) is 32.0. The topological polar surface area (TPSA) is 65.6 Å². The number of ether oxygens (including phenoxy) is 1. The molecule has 0 saturated carbocycles. The van der Waals surface area contributed by atoms with E-state index in [0.717, 1.165) is 30.8 Å². The molecule has 1 aliphatic heterocycles. The van der Waals surface area contributed by atoms with E-state index in [0.29, 0.717) is 24.2 Å². The number of amides is 1. The van der Waals surface area contributed by atoms with Crippen LogP contribution >= 0.6 is 0 Å². The molecule has 2 aromatic carbocycles. The lowest BCUT2D eigenvalue weighted by atomic mass is 10.1.